The van der Waals surface area contributed by atoms with Crippen LogP contribution in [0, 0.1) is 11.8 Å². The van der Waals surface area contributed by atoms with Gasteiger partial charge in [-0.3, -0.25) is 37.3 Å². The van der Waals surface area contributed by atoms with Gasteiger partial charge in [0, 0.05) is 25.7 Å². The third-order valence-electron chi connectivity index (χ3n) is 15.3. The first-order chi connectivity index (χ1) is 40.4. The molecule has 0 radical (unpaired) electrons. The summed E-state index contributed by atoms with van der Waals surface area (Å²) in [7, 11) is -9.88. The number of carbonyl (C=O) groups is 4. The molecule has 0 aromatic rings. The van der Waals surface area contributed by atoms with Gasteiger partial charge in [0.2, 0.25) is 0 Å². The minimum absolute atomic E-state index is 0.102. The van der Waals surface area contributed by atoms with E-state index >= 15 is 0 Å². The van der Waals surface area contributed by atoms with Crippen molar-refractivity contribution in [1.82, 2.24) is 0 Å². The van der Waals surface area contributed by atoms with Gasteiger partial charge in [0.15, 0.2) is 12.2 Å². The Morgan fingerprint density at radius 1 is 0.345 bits per heavy atom. The molecule has 0 amide bonds. The number of esters is 4. The maximum Gasteiger partial charge on any atom is 0.472 e. The number of aliphatic hydroxyl groups is 1. The van der Waals surface area contributed by atoms with Gasteiger partial charge in [0.1, 0.15) is 19.3 Å². The Balaban J connectivity index is 5.20. The second kappa shape index (κ2) is 57.5. The normalized spacial score (nSPS) is 14.6. The Morgan fingerprint density at radius 2 is 0.607 bits per heavy atom. The maximum absolute atomic E-state index is 13.0. The van der Waals surface area contributed by atoms with Gasteiger partial charge in [-0.2, -0.15) is 0 Å². The van der Waals surface area contributed by atoms with Crippen molar-refractivity contribution >= 4 is 39.5 Å². The molecule has 0 spiro atoms. The fourth-order valence-electron chi connectivity index (χ4n) is 9.68. The molecule has 84 heavy (non-hydrogen) atoms. The van der Waals surface area contributed by atoms with Crippen LogP contribution in [0.2, 0.25) is 0 Å². The maximum atomic E-state index is 13.0. The number of unbranched alkanes of at least 4 members (excludes halogenated alkanes) is 33. The van der Waals surface area contributed by atoms with Crippen LogP contribution < -0.4 is 0 Å². The molecule has 0 aromatic carbocycles. The lowest BCUT2D eigenvalue weighted by Crippen LogP contribution is -2.30. The molecule has 0 aliphatic heterocycles. The van der Waals surface area contributed by atoms with Gasteiger partial charge in [0.25, 0.3) is 0 Å². The molecule has 3 N–H and O–H groups in total. The van der Waals surface area contributed by atoms with E-state index in [1.54, 1.807) is 0 Å². The van der Waals surface area contributed by atoms with Crippen molar-refractivity contribution in [2.24, 2.45) is 11.8 Å². The summed E-state index contributed by atoms with van der Waals surface area (Å²) in [6.07, 6.45) is 40.6. The van der Waals surface area contributed by atoms with E-state index in [1.807, 2.05) is 0 Å². The molecule has 0 aromatic heterocycles. The van der Waals surface area contributed by atoms with Crippen LogP contribution in [0.15, 0.2) is 0 Å². The van der Waals surface area contributed by atoms with Crippen molar-refractivity contribution in [2.45, 2.75) is 342 Å². The number of rotatable bonds is 64. The number of phosphoric ester groups is 2. The van der Waals surface area contributed by atoms with Gasteiger partial charge in [-0.1, -0.05) is 273 Å². The van der Waals surface area contributed by atoms with Crippen molar-refractivity contribution in [2.75, 3.05) is 39.6 Å². The van der Waals surface area contributed by atoms with Gasteiger partial charge < -0.3 is 33.8 Å². The highest BCUT2D eigenvalue weighted by Gasteiger charge is 2.30. The molecule has 0 rings (SSSR count). The molecular weight excluding hydrogens is 1110 g/mol. The van der Waals surface area contributed by atoms with Crippen LogP contribution in [0.1, 0.15) is 324 Å². The highest BCUT2D eigenvalue weighted by molar-refractivity contribution is 7.47. The number of aliphatic hydroxyl groups excluding tert-OH is 1. The van der Waals surface area contributed by atoms with Crippen LogP contribution in [-0.4, -0.2) is 96.7 Å². The lowest BCUT2D eigenvalue weighted by atomic mass is 9.99. The van der Waals surface area contributed by atoms with Gasteiger partial charge in [-0.25, -0.2) is 9.13 Å². The lowest BCUT2D eigenvalue weighted by molar-refractivity contribution is -0.161. The zero-order valence-corrected chi connectivity index (χ0v) is 56.0. The Hall–Kier alpha value is -1.94. The first-order valence-corrected chi connectivity index (χ1v) is 37.0. The van der Waals surface area contributed by atoms with E-state index in [0.29, 0.717) is 31.6 Å². The van der Waals surface area contributed by atoms with E-state index in [2.05, 4.69) is 41.5 Å². The topological polar surface area (TPSA) is 237 Å². The summed E-state index contributed by atoms with van der Waals surface area (Å²) in [5, 5.41) is 10.5. The van der Waals surface area contributed by atoms with E-state index in [4.69, 9.17) is 37.0 Å². The molecule has 0 aliphatic carbocycles. The van der Waals surface area contributed by atoms with E-state index in [0.717, 1.165) is 109 Å². The molecule has 0 fully saturated rings. The highest BCUT2D eigenvalue weighted by atomic mass is 31.2. The second-order valence-corrected chi connectivity index (χ2v) is 27.1. The summed E-state index contributed by atoms with van der Waals surface area (Å²) in [5.41, 5.74) is 0. The third kappa shape index (κ3) is 57.8. The lowest BCUT2D eigenvalue weighted by Gasteiger charge is -2.21. The Morgan fingerprint density at radius 3 is 0.905 bits per heavy atom. The van der Waals surface area contributed by atoms with Crippen molar-refractivity contribution < 1.29 is 80.2 Å². The summed E-state index contributed by atoms with van der Waals surface area (Å²) in [6.45, 7) is 9.38. The predicted molar refractivity (Wildman–Crippen MR) is 335 cm³/mol. The molecule has 0 aliphatic rings. The molecular formula is C65H126O17P2. The van der Waals surface area contributed by atoms with Gasteiger partial charge in [-0.05, 0) is 37.5 Å². The first-order valence-electron chi connectivity index (χ1n) is 34.0. The summed E-state index contributed by atoms with van der Waals surface area (Å²) >= 11 is 0. The van der Waals surface area contributed by atoms with Crippen LogP contribution in [0.3, 0.4) is 0 Å². The van der Waals surface area contributed by atoms with Gasteiger partial charge in [0.05, 0.1) is 26.4 Å². The number of carbonyl (C=O) groups excluding carboxylic acids is 4. The fraction of sp³-hybridized carbons (Fsp3) is 0.938. The second-order valence-electron chi connectivity index (χ2n) is 24.2. The number of phosphoric acid groups is 2. The molecule has 0 saturated carbocycles. The van der Waals surface area contributed by atoms with Crippen LogP contribution >= 0.6 is 15.6 Å². The van der Waals surface area contributed by atoms with Crippen LogP contribution in [0.5, 0.6) is 0 Å². The molecule has 6 atom stereocenters. The fourth-order valence-corrected chi connectivity index (χ4v) is 11.3. The zero-order valence-electron chi connectivity index (χ0n) is 54.2. The smallest absolute Gasteiger partial charge is 0.462 e. The monoisotopic (exact) mass is 1240 g/mol. The summed E-state index contributed by atoms with van der Waals surface area (Å²) in [4.78, 5) is 72.1. The molecule has 498 valence electrons. The molecule has 0 bridgehead atoms. The van der Waals surface area contributed by atoms with E-state index < -0.39 is 97.5 Å². The van der Waals surface area contributed by atoms with E-state index in [9.17, 15) is 43.2 Å². The number of hydrogen-bond acceptors (Lipinski definition) is 15. The number of hydrogen-bond donors (Lipinski definition) is 3. The highest BCUT2D eigenvalue weighted by Crippen LogP contribution is 2.45. The van der Waals surface area contributed by atoms with Crippen molar-refractivity contribution in [3.63, 3.8) is 0 Å². The quantitative estimate of drug-likeness (QED) is 0.0222. The van der Waals surface area contributed by atoms with Crippen molar-refractivity contribution in [3.8, 4) is 0 Å². The summed E-state index contributed by atoms with van der Waals surface area (Å²) < 4.78 is 67.9. The SMILES string of the molecule is CCCCCCCCCCCCCCCCCCC(=O)O[C@H](COC(=O)CCCCCCCCCCC(C)CC)COP(=O)(O)OC[C@@H](O)COP(=O)(O)OC[C@@H](COC(=O)CCCCCCCCC)OC(=O)CCCCCCCCC(C)C. The Bertz CT molecular complexity index is 1650. The summed E-state index contributed by atoms with van der Waals surface area (Å²) in [6, 6.07) is 0. The van der Waals surface area contributed by atoms with Crippen LogP contribution in [0.25, 0.3) is 0 Å². The Kier molecular flexibility index (Phi) is 56.2. The molecule has 17 nitrogen and oxygen atoms in total. The Labute approximate surface area is 511 Å². The zero-order chi connectivity index (χ0) is 62.2. The predicted octanol–water partition coefficient (Wildman–Crippen LogP) is 18.0. The van der Waals surface area contributed by atoms with E-state index in [1.165, 1.54) is 128 Å². The average Bonchev–Trinajstić information content (AvgIpc) is 3.52. The largest absolute Gasteiger partial charge is 0.472 e. The number of ether oxygens (including phenoxy) is 4. The van der Waals surface area contributed by atoms with Crippen molar-refractivity contribution in [3.05, 3.63) is 0 Å². The van der Waals surface area contributed by atoms with Crippen LogP contribution in [-0.2, 0) is 65.4 Å². The van der Waals surface area contributed by atoms with Crippen molar-refractivity contribution in [1.29, 1.82) is 0 Å². The minimum Gasteiger partial charge on any atom is -0.462 e. The van der Waals surface area contributed by atoms with Gasteiger partial charge in [-0.15, -0.1) is 0 Å². The minimum atomic E-state index is -4.95. The average molecular weight is 1240 g/mol. The van der Waals surface area contributed by atoms with Crippen LogP contribution in [0.4, 0.5) is 0 Å². The van der Waals surface area contributed by atoms with E-state index in [-0.39, 0.29) is 25.7 Å². The molecule has 0 saturated heterocycles. The molecule has 19 heteroatoms. The molecule has 3 unspecified atom stereocenters. The third-order valence-corrected chi connectivity index (χ3v) is 17.2. The van der Waals surface area contributed by atoms with Gasteiger partial charge >= 0.3 is 39.5 Å². The summed E-state index contributed by atoms with van der Waals surface area (Å²) in [5.74, 6) is -0.693. The molecule has 0 heterocycles. The standard InChI is InChI=1S/C65H126O17P2/c1-7-10-12-14-16-17-18-19-20-21-22-23-24-30-37-43-49-64(69)81-60(54-76-63(68)48-42-36-29-26-25-28-34-40-46-58(6)9-3)55-79-83(71,72)77-51-59(66)52-78-84(73,74)80-56-61(53-75-62(67)47-41-35-27-15-13-11-8-2)82-65(70)50-44-38-32-31-33-39-45-57(4)5/h57-61,66H,7-56H2,1-6H3,(H,71,72)(H,73,74)/t58?,59-,60-,61-/m1/s1. The first kappa shape index (κ1) is 82.1.